The molecular weight excluding hydrogens is 424 g/mol. The minimum Gasteiger partial charge on any atom is -0.480 e. The van der Waals surface area contributed by atoms with Crippen molar-refractivity contribution < 1.29 is 29.3 Å². The molecule has 3 rings (SSSR count). The van der Waals surface area contributed by atoms with Crippen molar-refractivity contribution in [3.63, 3.8) is 0 Å². The van der Waals surface area contributed by atoms with E-state index in [0.29, 0.717) is 0 Å². The molecule has 4 N–H and O–H groups in total. The number of amides is 2. The highest BCUT2D eigenvalue weighted by Crippen LogP contribution is 2.44. The van der Waals surface area contributed by atoms with E-state index in [0.717, 1.165) is 22.3 Å². The topological polar surface area (TPSA) is 125 Å². The number of carboxylic acid groups (broad SMARTS) is 1. The van der Waals surface area contributed by atoms with Gasteiger partial charge in [0.15, 0.2) is 6.04 Å². The van der Waals surface area contributed by atoms with Crippen molar-refractivity contribution in [2.45, 2.75) is 57.2 Å². The number of aliphatic carboxylic acids is 1. The standard InChI is InChI=1S/C25H30N2O6/c1-4-25(5-2,23(31)26-21(15(3)28)22(29)30)27-24(32)33-14-20-18-12-8-6-10-16(18)17-11-7-9-13-19(17)20/h6-13,15,20-21,28H,4-5,14H2,1-3H3,(H,26,31)(H,27,32)(H,29,30). The molecule has 0 aliphatic heterocycles. The molecule has 8 nitrogen and oxygen atoms in total. The lowest BCUT2D eigenvalue weighted by atomic mass is 9.91. The first-order valence-electron chi connectivity index (χ1n) is 11.1. The van der Waals surface area contributed by atoms with Crippen molar-refractivity contribution >= 4 is 18.0 Å². The third-order valence-electron chi connectivity index (χ3n) is 6.36. The van der Waals surface area contributed by atoms with Crippen LogP contribution in [-0.4, -0.2) is 52.5 Å². The van der Waals surface area contributed by atoms with E-state index in [1.54, 1.807) is 13.8 Å². The van der Waals surface area contributed by atoms with Gasteiger partial charge in [0.05, 0.1) is 6.10 Å². The minimum atomic E-state index is -1.49. The number of benzene rings is 2. The highest BCUT2D eigenvalue weighted by molar-refractivity contribution is 5.93. The summed E-state index contributed by atoms with van der Waals surface area (Å²) in [6.45, 7) is 4.80. The average molecular weight is 455 g/mol. The van der Waals surface area contributed by atoms with Gasteiger partial charge in [-0.3, -0.25) is 4.79 Å². The Kier molecular flexibility index (Phi) is 7.38. The van der Waals surface area contributed by atoms with E-state index in [1.807, 2.05) is 48.5 Å². The Labute approximate surface area is 193 Å². The second kappa shape index (κ2) is 10.0. The Morgan fingerprint density at radius 3 is 1.97 bits per heavy atom. The van der Waals surface area contributed by atoms with Crippen molar-refractivity contribution in [3.05, 3.63) is 59.7 Å². The van der Waals surface area contributed by atoms with Crippen LogP contribution in [0.3, 0.4) is 0 Å². The van der Waals surface area contributed by atoms with Crippen LogP contribution in [0.15, 0.2) is 48.5 Å². The van der Waals surface area contributed by atoms with E-state index in [1.165, 1.54) is 6.92 Å². The van der Waals surface area contributed by atoms with E-state index >= 15 is 0 Å². The highest BCUT2D eigenvalue weighted by atomic mass is 16.5. The smallest absolute Gasteiger partial charge is 0.408 e. The summed E-state index contributed by atoms with van der Waals surface area (Å²) in [7, 11) is 0. The average Bonchev–Trinajstić information content (AvgIpc) is 3.13. The van der Waals surface area contributed by atoms with Crippen LogP contribution in [0, 0.1) is 0 Å². The predicted octanol–water partition coefficient (Wildman–Crippen LogP) is 3.03. The summed E-state index contributed by atoms with van der Waals surface area (Å²) in [6, 6.07) is 14.5. The third-order valence-corrected chi connectivity index (χ3v) is 6.36. The van der Waals surface area contributed by atoms with Crippen LogP contribution in [0.2, 0.25) is 0 Å². The molecule has 0 aromatic heterocycles. The first kappa shape index (κ1) is 24.3. The molecule has 8 heteroatoms. The number of alkyl carbamates (subject to hydrolysis) is 1. The second-order valence-electron chi connectivity index (χ2n) is 8.27. The van der Waals surface area contributed by atoms with Crippen LogP contribution in [-0.2, 0) is 14.3 Å². The van der Waals surface area contributed by atoms with E-state index in [2.05, 4.69) is 10.6 Å². The number of nitrogens with one attached hydrogen (secondary N) is 2. The maximum atomic E-state index is 12.9. The van der Waals surface area contributed by atoms with Crippen molar-refractivity contribution in [2.75, 3.05) is 6.61 Å². The lowest BCUT2D eigenvalue weighted by Gasteiger charge is -2.32. The number of hydrogen-bond acceptors (Lipinski definition) is 5. The fourth-order valence-corrected chi connectivity index (χ4v) is 4.30. The van der Waals surface area contributed by atoms with Gasteiger partial charge in [0.1, 0.15) is 12.1 Å². The maximum absolute atomic E-state index is 12.9. The van der Waals surface area contributed by atoms with Crippen LogP contribution in [0.4, 0.5) is 4.79 Å². The van der Waals surface area contributed by atoms with Gasteiger partial charge in [-0.25, -0.2) is 9.59 Å². The molecule has 0 bridgehead atoms. The number of fused-ring (bicyclic) bond motifs is 3. The SMILES string of the molecule is CCC(CC)(NC(=O)OCC1c2ccccc2-c2ccccc21)C(=O)NC(C(=O)O)C(C)O. The van der Waals surface area contributed by atoms with Gasteiger partial charge in [-0.1, -0.05) is 62.4 Å². The van der Waals surface area contributed by atoms with Gasteiger partial charge >= 0.3 is 12.1 Å². The summed E-state index contributed by atoms with van der Waals surface area (Å²) in [6.07, 6.45) is -1.64. The number of rotatable bonds is 9. The Balaban J connectivity index is 1.72. The normalized spacial score (nSPS) is 14.5. The largest absolute Gasteiger partial charge is 0.480 e. The van der Waals surface area contributed by atoms with Gasteiger partial charge in [0.25, 0.3) is 0 Å². The predicted molar refractivity (Wildman–Crippen MR) is 123 cm³/mol. The number of hydrogen-bond donors (Lipinski definition) is 4. The molecule has 1 aliphatic carbocycles. The zero-order valence-electron chi connectivity index (χ0n) is 19.0. The second-order valence-corrected chi connectivity index (χ2v) is 8.27. The lowest BCUT2D eigenvalue weighted by molar-refractivity contribution is -0.146. The van der Waals surface area contributed by atoms with Gasteiger partial charge in [-0.05, 0) is 42.0 Å². The minimum absolute atomic E-state index is 0.0937. The maximum Gasteiger partial charge on any atom is 0.408 e. The molecule has 1 aliphatic rings. The lowest BCUT2D eigenvalue weighted by Crippen LogP contribution is -2.62. The molecule has 0 spiro atoms. The van der Waals surface area contributed by atoms with Gasteiger partial charge in [0.2, 0.25) is 5.91 Å². The molecule has 2 amide bonds. The number of aliphatic hydroxyl groups is 1. The molecule has 0 radical (unpaired) electrons. The number of carbonyl (C=O) groups is 3. The summed E-state index contributed by atoms with van der Waals surface area (Å²) < 4.78 is 5.55. The molecule has 2 aromatic carbocycles. The molecule has 0 saturated heterocycles. The molecule has 176 valence electrons. The fourth-order valence-electron chi connectivity index (χ4n) is 4.30. The summed E-state index contributed by atoms with van der Waals surface area (Å²) in [5, 5.41) is 23.9. The molecule has 0 heterocycles. The Hall–Kier alpha value is -3.39. The first-order chi connectivity index (χ1) is 15.7. The van der Waals surface area contributed by atoms with Crippen LogP contribution in [0.5, 0.6) is 0 Å². The van der Waals surface area contributed by atoms with Crippen LogP contribution < -0.4 is 10.6 Å². The summed E-state index contributed by atoms with van der Waals surface area (Å²) >= 11 is 0. The molecule has 0 saturated carbocycles. The number of ether oxygens (including phenoxy) is 1. The summed E-state index contributed by atoms with van der Waals surface area (Å²) in [5.74, 6) is -2.17. The van der Waals surface area contributed by atoms with E-state index < -0.39 is 35.7 Å². The van der Waals surface area contributed by atoms with Crippen LogP contribution in [0.1, 0.15) is 50.7 Å². The van der Waals surface area contributed by atoms with Gasteiger partial charge in [-0.15, -0.1) is 0 Å². The van der Waals surface area contributed by atoms with E-state index in [-0.39, 0.29) is 25.4 Å². The van der Waals surface area contributed by atoms with Crippen molar-refractivity contribution in [1.82, 2.24) is 10.6 Å². The molecule has 0 fully saturated rings. The van der Waals surface area contributed by atoms with Gasteiger partial charge in [0, 0.05) is 5.92 Å². The number of carbonyl (C=O) groups excluding carboxylic acids is 2. The first-order valence-corrected chi connectivity index (χ1v) is 11.1. The Morgan fingerprint density at radius 2 is 1.52 bits per heavy atom. The van der Waals surface area contributed by atoms with E-state index in [4.69, 9.17) is 4.74 Å². The summed E-state index contributed by atoms with van der Waals surface area (Å²) in [5.41, 5.74) is 2.99. The molecule has 2 atom stereocenters. The fraction of sp³-hybridized carbons (Fsp3) is 0.400. The Morgan fingerprint density at radius 1 is 1.00 bits per heavy atom. The van der Waals surface area contributed by atoms with Crippen molar-refractivity contribution in [1.29, 1.82) is 0 Å². The van der Waals surface area contributed by atoms with Crippen molar-refractivity contribution in [3.8, 4) is 11.1 Å². The number of aliphatic hydroxyl groups excluding tert-OH is 1. The monoisotopic (exact) mass is 454 g/mol. The Bertz CT molecular complexity index is 986. The zero-order chi connectivity index (χ0) is 24.2. The quantitative estimate of drug-likeness (QED) is 0.462. The highest BCUT2D eigenvalue weighted by Gasteiger charge is 2.40. The third kappa shape index (κ3) is 4.85. The summed E-state index contributed by atoms with van der Waals surface area (Å²) in [4.78, 5) is 37.0. The van der Waals surface area contributed by atoms with Gasteiger partial charge in [-0.2, -0.15) is 0 Å². The molecule has 33 heavy (non-hydrogen) atoms. The molecule has 2 aromatic rings. The van der Waals surface area contributed by atoms with Crippen molar-refractivity contribution in [2.24, 2.45) is 0 Å². The van der Waals surface area contributed by atoms with E-state index in [9.17, 15) is 24.6 Å². The molecular formula is C25H30N2O6. The zero-order valence-corrected chi connectivity index (χ0v) is 19.0. The molecule has 2 unspecified atom stereocenters. The number of carboxylic acids is 1. The van der Waals surface area contributed by atoms with Crippen LogP contribution >= 0.6 is 0 Å². The van der Waals surface area contributed by atoms with Crippen LogP contribution in [0.25, 0.3) is 11.1 Å². The van der Waals surface area contributed by atoms with Gasteiger partial charge < -0.3 is 25.6 Å².